The summed E-state index contributed by atoms with van der Waals surface area (Å²) in [7, 11) is 0. The van der Waals surface area contributed by atoms with Crippen molar-refractivity contribution in [3.63, 3.8) is 0 Å². The number of nitrogens with one attached hydrogen (secondary N) is 1. The van der Waals surface area contributed by atoms with Gasteiger partial charge in [0.25, 0.3) is 0 Å². The molecule has 0 amide bonds. The zero-order valence-electron chi connectivity index (χ0n) is 11.4. The van der Waals surface area contributed by atoms with E-state index in [1.807, 2.05) is 0 Å². The number of hydrogen-bond donors (Lipinski definition) is 1. The highest BCUT2D eigenvalue weighted by molar-refractivity contribution is 5.30. The fourth-order valence-corrected chi connectivity index (χ4v) is 2.89. The summed E-state index contributed by atoms with van der Waals surface area (Å²) in [5.41, 5.74) is 4.22. The number of benzene rings is 1. The summed E-state index contributed by atoms with van der Waals surface area (Å²) >= 11 is 0. The minimum absolute atomic E-state index is 0.664. The molecule has 0 saturated heterocycles. The average molecular weight is 231 g/mol. The first-order valence-corrected chi connectivity index (χ1v) is 6.96. The van der Waals surface area contributed by atoms with Gasteiger partial charge in [0.2, 0.25) is 0 Å². The van der Waals surface area contributed by atoms with Gasteiger partial charge in [-0.3, -0.25) is 0 Å². The highest BCUT2D eigenvalue weighted by atomic mass is 14.9. The Morgan fingerprint density at radius 1 is 1.24 bits per heavy atom. The Morgan fingerprint density at radius 3 is 2.65 bits per heavy atom. The molecular weight excluding hydrogens is 206 g/mol. The van der Waals surface area contributed by atoms with E-state index in [0.717, 1.165) is 12.5 Å². The van der Waals surface area contributed by atoms with Crippen LogP contribution in [-0.2, 0) is 6.54 Å². The van der Waals surface area contributed by atoms with Crippen molar-refractivity contribution in [2.24, 2.45) is 5.92 Å². The predicted octanol–water partition coefficient (Wildman–Crippen LogP) is 3.97. The molecule has 0 heterocycles. The molecule has 1 heteroatoms. The van der Waals surface area contributed by atoms with Crippen molar-refractivity contribution in [2.75, 3.05) is 0 Å². The van der Waals surface area contributed by atoms with E-state index < -0.39 is 0 Å². The van der Waals surface area contributed by atoms with E-state index in [1.165, 1.54) is 42.4 Å². The van der Waals surface area contributed by atoms with E-state index >= 15 is 0 Å². The van der Waals surface area contributed by atoms with Crippen LogP contribution in [0.25, 0.3) is 0 Å². The van der Waals surface area contributed by atoms with E-state index in [-0.39, 0.29) is 0 Å². The zero-order valence-corrected chi connectivity index (χ0v) is 11.4. The Morgan fingerprint density at radius 2 is 1.94 bits per heavy atom. The van der Waals surface area contributed by atoms with Gasteiger partial charge in [-0.05, 0) is 50.7 Å². The molecule has 1 nitrogen and oxygen atoms in total. The van der Waals surface area contributed by atoms with Crippen LogP contribution >= 0.6 is 0 Å². The third-order valence-electron chi connectivity index (χ3n) is 4.23. The molecule has 0 unspecified atom stereocenters. The Kier molecular flexibility index (Phi) is 4.22. The molecule has 1 aromatic rings. The molecule has 0 aromatic heterocycles. The highest BCUT2D eigenvalue weighted by Gasteiger charge is 2.20. The van der Waals surface area contributed by atoms with Crippen LogP contribution in [0.2, 0.25) is 0 Å². The Balaban J connectivity index is 1.90. The lowest BCUT2D eigenvalue weighted by Crippen LogP contribution is -2.31. The lowest BCUT2D eigenvalue weighted by Gasteiger charge is -2.21. The second kappa shape index (κ2) is 5.68. The first-order valence-electron chi connectivity index (χ1n) is 6.96. The second-order valence-corrected chi connectivity index (χ2v) is 5.64. The largest absolute Gasteiger partial charge is 0.310 e. The molecule has 17 heavy (non-hydrogen) atoms. The smallest absolute Gasteiger partial charge is 0.0210 e. The van der Waals surface area contributed by atoms with Gasteiger partial charge in [0.1, 0.15) is 0 Å². The summed E-state index contributed by atoms with van der Waals surface area (Å²) < 4.78 is 0. The van der Waals surface area contributed by atoms with Gasteiger partial charge in [-0.2, -0.15) is 0 Å². The lowest BCUT2D eigenvalue weighted by molar-refractivity contribution is 0.380. The molecule has 1 atom stereocenters. The normalized spacial score (nSPS) is 18.5. The fraction of sp³-hybridized carbons (Fsp3) is 0.625. The molecule has 1 aliphatic rings. The standard InChI is InChI=1S/C16H25N/c1-12-8-9-13(2)16(10-12)11-17-14(3)15-6-4-5-7-15/h8-10,14-15,17H,4-7,11H2,1-3H3/t14-/m0/s1. The predicted molar refractivity (Wildman–Crippen MR) is 74.2 cm³/mol. The van der Waals surface area contributed by atoms with Crippen LogP contribution in [0.3, 0.4) is 0 Å². The number of hydrogen-bond acceptors (Lipinski definition) is 1. The summed E-state index contributed by atoms with van der Waals surface area (Å²) in [6.45, 7) is 7.74. The third kappa shape index (κ3) is 3.32. The topological polar surface area (TPSA) is 12.0 Å². The van der Waals surface area contributed by atoms with E-state index in [2.05, 4.69) is 44.3 Å². The maximum atomic E-state index is 3.71. The molecule has 1 saturated carbocycles. The summed E-state index contributed by atoms with van der Waals surface area (Å²) in [6.07, 6.45) is 5.70. The second-order valence-electron chi connectivity index (χ2n) is 5.64. The van der Waals surface area contributed by atoms with Crippen LogP contribution in [0, 0.1) is 19.8 Å². The Labute approximate surface area is 106 Å². The minimum Gasteiger partial charge on any atom is -0.310 e. The SMILES string of the molecule is Cc1ccc(C)c(CN[C@@H](C)C2CCCC2)c1. The third-order valence-corrected chi connectivity index (χ3v) is 4.23. The maximum absolute atomic E-state index is 3.71. The highest BCUT2D eigenvalue weighted by Crippen LogP contribution is 2.27. The quantitative estimate of drug-likeness (QED) is 0.826. The van der Waals surface area contributed by atoms with E-state index in [1.54, 1.807) is 0 Å². The van der Waals surface area contributed by atoms with Gasteiger partial charge in [-0.15, -0.1) is 0 Å². The van der Waals surface area contributed by atoms with E-state index in [9.17, 15) is 0 Å². The number of rotatable bonds is 4. The van der Waals surface area contributed by atoms with E-state index in [0.29, 0.717) is 6.04 Å². The van der Waals surface area contributed by atoms with Crippen LogP contribution < -0.4 is 5.32 Å². The van der Waals surface area contributed by atoms with E-state index in [4.69, 9.17) is 0 Å². The summed E-state index contributed by atoms with van der Waals surface area (Å²) in [5.74, 6) is 0.903. The van der Waals surface area contributed by atoms with Crippen LogP contribution in [0.4, 0.5) is 0 Å². The fourth-order valence-electron chi connectivity index (χ4n) is 2.89. The molecule has 1 aromatic carbocycles. The summed E-state index contributed by atoms with van der Waals surface area (Å²) in [4.78, 5) is 0. The zero-order chi connectivity index (χ0) is 12.3. The first kappa shape index (κ1) is 12.6. The molecule has 1 aliphatic carbocycles. The monoisotopic (exact) mass is 231 g/mol. The van der Waals surface area contributed by atoms with Gasteiger partial charge >= 0.3 is 0 Å². The summed E-state index contributed by atoms with van der Waals surface area (Å²) in [5, 5.41) is 3.71. The van der Waals surface area contributed by atoms with Crippen molar-refractivity contribution in [1.29, 1.82) is 0 Å². The molecule has 2 rings (SSSR count). The van der Waals surface area contributed by atoms with Crippen molar-refractivity contribution in [3.05, 3.63) is 34.9 Å². The molecule has 0 aliphatic heterocycles. The Bertz CT molecular complexity index is 364. The van der Waals surface area contributed by atoms with Crippen LogP contribution in [0.5, 0.6) is 0 Å². The van der Waals surface area contributed by atoms with Gasteiger partial charge in [-0.25, -0.2) is 0 Å². The van der Waals surface area contributed by atoms with Gasteiger partial charge < -0.3 is 5.32 Å². The molecule has 94 valence electrons. The van der Waals surface area contributed by atoms with Crippen molar-refractivity contribution in [1.82, 2.24) is 5.32 Å². The first-order chi connectivity index (χ1) is 8.16. The molecule has 1 N–H and O–H groups in total. The van der Waals surface area contributed by atoms with Gasteiger partial charge in [-0.1, -0.05) is 36.6 Å². The molecule has 0 bridgehead atoms. The Hall–Kier alpha value is -0.820. The minimum atomic E-state index is 0.664. The summed E-state index contributed by atoms with van der Waals surface area (Å²) in [6, 6.07) is 7.40. The number of aryl methyl sites for hydroxylation is 2. The van der Waals surface area contributed by atoms with Crippen LogP contribution in [0.1, 0.15) is 49.3 Å². The van der Waals surface area contributed by atoms with Crippen molar-refractivity contribution in [2.45, 2.75) is 59.0 Å². The van der Waals surface area contributed by atoms with Gasteiger partial charge in [0.15, 0.2) is 0 Å². The van der Waals surface area contributed by atoms with Crippen molar-refractivity contribution in [3.8, 4) is 0 Å². The van der Waals surface area contributed by atoms with Gasteiger partial charge in [0, 0.05) is 12.6 Å². The molecule has 0 radical (unpaired) electrons. The average Bonchev–Trinajstić information content (AvgIpc) is 2.83. The molecule has 0 spiro atoms. The van der Waals surface area contributed by atoms with Crippen molar-refractivity contribution >= 4 is 0 Å². The maximum Gasteiger partial charge on any atom is 0.0210 e. The molecule has 1 fully saturated rings. The van der Waals surface area contributed by atoms with Crippen molar-refractivity contribution < 1.29 is 0 Å². The van der Waals surface area contributed by atoms with Crippen LogP contribution in [0.15, 0.2) is 18.2 Å². The van der Waals surface area contributed by atoms with Crippen LogP contribution in [-0.4, -0.2) is 6.04 Å². The molecular formula is C16H25N. The lowest BCUT2D eigenvalue weighted by atomic mass is 9.99. The van der Waals surface area contributed by atoms with Gasteiger partial charge in [0.05, 0.1) is 0 Å².